The molecule has 2 aliphatic rings. The van der Waals surface area contributed by atoms with Crippen LogP contribution in [0.2, 0.25) is 5.02 Å². The van der Waals surface area contributed by atoms with Crippen LogP contribution < -0.4 is 11.2 Å². The average Bonchev–Trinajstić information content (AvgIpc) is 2.94. The van der Waals surface area contributed by atoms with Crippen LogP contribution in [0.4, 0.5) is 4.39 Å². The molecule has 2 aliphatic heterocycles. The molecular formula is C21H23ClFN2O9P. The van der Waals surface area contributed by atoms with Crippen LogP contribution in [0.25, 0.3) is 0 Å². The molecule has 0 spiro atoms. The number of carbonyl (C=O) groups excluding carboxylic acids is 1. The van der Waals surface area contributed by atoms with Gasteiger partial charge in [0.25, 0.3) is 5.56 Å². The number of hydrogen-bond acceptors (Lipinski definition) is 9. The van der Waals surface area contributed by atoms with Gasteiger partial charge < -0.3 is 9.47 Å². The maximum Gasteiger partial charge on any atom is 0.475 e. The number of fused-ring (bicyclic) bond motifs is 1. The molecular weight excluding hydrogens is 510 g/mol. The number of alkyl halides is 1. The summed E-state index contributed by atoms with van der Waals surface area (Å²) in [7, 11) is -4.13. The second kappa shape index (κ2) is 9.96. The Morgan fingerprint density at radius 1 is 1.29 bits per heavy atom. The zero-order valence-electron chi connectivity index (χ0n) is 18.8. The summed E-state index contributed by atoms with van der Waals surface area (Å²) in [6, 6.07) is 6.03. The van der Waals surface area contributed by atoms with Crippen molar-refractivity contribution >= 4 is 25.4 Å². The normalized spacial score (nSPS) is 30.5. The van der Waals surface area contributed by atoms with Gasteiger partial charge in [-0.1, -0.05) is 24.6 Å². The van der Waals surface area contributed by atoms with Crippen molar-refractivity contribution in [3.8, 4) is 0 Å². The number of phosphoric acid groups is 1. The van der Waals surface area contributed by atoms with Crippen LogP contribution in [0, 0.1) is 0 Å². The van der Waals surface area contributed by atoms with Crippen molar-refractivity contribution in [2.24, 2.45) is 0 Å². The Morgan fingerprint density at radius 3 is 2.69 bits per heavy atom. The molecule has 0 aliphatic carbocycles. The number of nitrogens with one attached hydrogen (secondary N) is 1. The summed E-state index contributed by atoms with van der Waals surface area (Å²) in [6.07, 6.45) is -3.39. The Morgan fingerprint density at radius 2 is 2.00 bits per heavy atom. The van der Waals surface area contributed by atoms with Crippen LogP contribution in [0.3, 0.4) is 0 Å². The van der Waals surface area contributed by atoms with E-state index in [0.717, 1.165) is 23.8 Å². The number of esters is 1. The third-order valence-corrected chi connectivity index (χ3v) is 7.24. The van der Waals surface area contributed by atoms with Crippen molar-refractivity contribution in [3.63, 3.8) is 0 Å². The van der Waals surface area contributed by atoms with E-state index in [4.69, 9.17) is 34.6 Å². The maximum atomic E-state index is 15.9. The van der Waals surface area contributed by atoms with E-state index in [2.05, 4.69) is 0 Å². The van der Waals surface area contributed by atoms with E-state index in [1.54, 1.807) is 18.2 Å². The van der Waals surface area contributed by atoms with Gasteiger partial charge in [0.05, 0.1) is 19.8 Å². The van der Waals surface area contributed by atoms with E-state index in [0.29, 0.717) is 16.1 Å². The molecule has 3 heterocycles. The van der Waals surface area contributed by atoms with Crippen LogP contribution in [-0.4, -0.2) is 40.0 Å². The molecule has 14 heteroatoms. The number of ether oxygens (including phenoxy) is 2. The summed E-state index contributed by atoms with van der Waals surface area (Å²) in [5.41, 5.74) is -2.65. The predicted molar refractivity (Wildman–Crippen MR) is 120 cm³/mol. The molecule has 35 heavy (non-hydrogen) atoms. The highest BCUT2D eigenvalue weighted by Gasteiger charge is 2.58. The number of hydrogen-bond donors (Lipinski definition) is 1. The van der Waals surface area contributed by atoms with E-state index >= 15 is 4.39 Å². The van der Waals surface area contributed by atoms with Crippen LogP contribution in [0.1, 0.15) is 37.6 Å². The Balaban J connectivity index is 1.55. The molecule has 2 aromatic rings. The molecule has 0 saturated carbocycles. The van der Waals surface area contributed by atoms with Crippen molar-refractivity contribution in [1.82, 2.24) is 9.55 Å². The molecule has 0 radical (unpaired) electrons. The van der Waals surface area contributed by atoms with Crippen LogP contribution in [-0.2, 0) is 45.6 Å². The van der Waals surface area contributed by atoms with E-state index < -0.39 is 55.8 Å². The van der Waals surface area contributed by atoms with E-state index in [-0.39, 0.29) is 19.6 Å². The quantitative estimate of drug-likeness (QED) is 0.440. The zero-order valence-corrected chi connectivity index (χ0v) is 20.4. The number of phosphoric ester groups is 1. The average molecular weight is 533 g/mol. The highest BCUT2D eigenvalue weighted by molar-refractivity contribution is 7.48. The lowest BCUT2D eigenvalue weighted by Gasteiger charge is -2.27. The van der Waals surface area contributed by atoms with Crippen molar-refractivity contribution in [3.05, 3.63) is 67.4 Å². The number of nitrogens with zero attached hydrogens (tertiary/aromatic N) is 1. The van der Waals surface area contributed by atoms with Gasteiger partial charge in [0.15, 0.2) is 18.0 Å². The molecule has 1 aromatic carbocycles. The van der Waals surface area contributed by atoms with Gasteiger partial charge in [-0.2, -0.15) is 0 Å². The number of carbonyl (C=O) groups is 1. The monoisotopic (exact) mass is 532 g/mol. The van der Waals surface area contributed by atoms with Gasteiger partial charge in [-0.25, -0.2) is 13.8 Å². The smallest absolute Gasteiger partial charge is 0.456 e. The Kier molecular flexibility index (Phi) is 7.33. The van der Waals surface area contributed by atoms with Crippen LogP contribution >= 0.6 is 19.4 Å². The first-order valence-electron chi connectivity index (χ1n) is 10.7. The van der Waals surface area contributed by atoms with E-state index in [1.165, 1.54) is 6.92 Å². The molecule has 5 atom stereocenters. The lowest BCUT2D eigenvalue weighted by Crippen LogP contribution is -2.46. The van der Waals surface area contributed by atoms with Gasteiger partial charge in [-0.15, -0.1) is 0 Å². The van der Waals surface area contributed by atoms with Crippen LogP contribution in [0.5, 0.6) is 0 Å². The van der Waals surface area contributed by atoms with Crippen molar-refractivity contribution in [2.75, 3.05) is 6.61 Å². The van der Waals surface area contributed by atoms with Crippen LogP contribution in [0.15, 0.2) is 40.1 Å². The number of aromatic nitrogens is 2. The summed E-state index contributed by atoms with van der Waals surface area (Å²) in [5, 5.41) is 0.468. The summed E-state index contributed by atoms with van der Waals surface area (Å²) in [6.45, 7) is 1.87. The third-order valence-electron chi connectivity index (χ3n) is 5.65. The highest BCUT2D eigenvalue weighted by Crippen LogP contribution is 2.54. The van der Waals surface area contributed by atoms with E-state index in [1.807, 2.05) is 4.98 Å². The number of benzene rings is 1. The summed E-state index contributed by atoms with van der Waals surface area (Å²) in [4.78, 5) is 37.7. The van der Waals surface area contributed by atoms with Gasteiger partial charge >= 0.3 is 19.5 Å². The minimum absolute atomic E-state index is 0.0467. The number of H-pyrrole nitrogens is 1. The van der Waals surface area contributed by atoms with Crippen molar-refractivity contribution in [2.45, 2.75) is 57.6 Å². The SMILES string of the molecule is CCC(=O)O[C@@H]1[C@@H](COP2(=O)OCc3ccc(Cl)cc3CO2)O[C@@H](n2ccc(=O)[nH]c2=O)[C@]1(C)F. The fourth-order valence-electron chi connectivity index (χ4n) is 3.81. The summed E-state index contributed by atoms with van der Waals surface area (Å²) >= 11 is 5.99. The predicted octanol–water partition coefficient (Wildman–Crippen LogP) is 3.01. The number of aromatic amines is 1. The Bertz CT molecular complexity index is 1280. The minimum Gasteiger partial charge on any atom is -0.456 e. The van der Waals surface area contributed by atoms with Gasteiger partial charge in [0.2, 0.25) is 0 Å². The molecule has 11 nitrogen and oxygen atoms in total. The fourth-order valence-corrected chi connectivity index (χ4v) is 5.15. The molecule has 1 N–H and O–H groups in total. The lowest BCUT2D eigenvalue weighted by atomic mass is 9.98. The first-order chi connectivity index (χ1) is 16.5. The number of halogens is 2. The van der Waals surface area contributed by atoms with Gasteiger partial charge in [0.1, 0.15) is 6.10 Å². The molecule has 1 saturated heterocycles. The third kappa shape index (κ3) is 5.42. The highest BCUT2D eigenvalue weighted by atomic mass is 35.5. The lowest BCUT2D eigenvalue weighted by molar-refractivity contribution is -0.157. The molecule has 0 amide bonds. The van der Waals surface area contributed by atoms with E-state index in [9.17, 15) is 18.9 Å². The minimum atomic E-state index is -4.13. The van der Waals surface area contributed by atoms with Gasteiger partial charge in [-0.05, 0) is 30.2 Å². The zero-order chi connectivity index (χ0) is 25.4. The molecule has 190 valence electrons. The maximum absolute atomic E-state index is 15.9. The summed E-state index contributed by atoms with van der Waals surface area (Å²) < 4.78 is 57.0. The summed E-state index contributed by atoms with van der Waals surface area (Å²) in [5.74, 6) is -0.720. The van der Waals surface area contributed by atoms with Crippen molar-refractivity contribution in [1.29, 1.82) is 0 Å². The standard InChI is InChI=1S/C21H23ClFN2O9P/c1-3-17(27)34-18-15(33-19(21(18,2)23)25-7-6-16(26)24-20(25)28)11-32-35(29)30-9-12-4-5-14(22)8-13(12)10-31-35/h4-8,15,18-19H,3,9-11H2,1-2H3,(H,24,26,28)/t15-,18-,19-,21-,35?/m1/s1. The fraction of sp³-hybridized carbons (Fsp3) is 0.476. The molecule has 1 aromatic heterocycles. The second-order valence-electron chi connectivity index (χ2n) is 8.16. The van der Waals surface area contributed by atoms with Crippen molar-refractivity contribution < 1.29 is 36.8 Å². The molecule has 1 fully saturated rings. The van der Waals surface area contributed by atoms with Gasteiger partial charge in [0, 0.05) is 23.7 Å². The topological polar surface area (TPSA) is 135 Å². The molecule has 1 unspecified atom stereocenters. The second-order valence-corrected chi connectivity index (χ2v) is 10.3. The first-order valence-corrected chi connectivity index (χ1v) is 12.5. The molecule has 4 rings (SSSR count). The molecule has 0 bridgehead atoms. The largest absolute Gasteiger partial charge is 0.475 e. The first kappa shape index (κ1) is 25.7. The number of rotatable bonds is 6. The Labute approximate surface area is 203 Å². The Hall–Kier alpha value is -2.34. The van der Waals surface area contributed by atoms with Gasteiger partial charge in [-0.3, -0.25) is 32.7 Å².